The molecule has 0 aliphatic carbocycles. The van der Waals surface area contributed by atoms with Gasteiger partial charge in [0.25, 0.3) is 0 Å². The summed E-state index contributed by atoms with van der Waals surface area (Å²) in [6, 6.07) is 7.31. The molecule has 0 spiro atoms. The third-order valence-electron chi connectivity index (χ3n) is 3.39. The summed E-state index contributed by atoms with van der Waals surface area (Å²) in [6.07, 6.45) is 1.83. The molecule has 2 N–H and O–H groups in total. The van der Waals surface area contributed by atoms with E-state index in [1.165, 1.54) is 0 Å². The van der Waals surface area contributed by atoms with Crippen molar-refractivity contribution >= 4 is 0 Å². The first-order chi connectivity index (χ1) is 9.34. The molecular formula is C14H17N3O2. The molecular weight excluding hydrogens is 242 g/mol. The van der Waals surface area contributed by atoms with Gasteiger partial charge in [0, 0.05) is 30.8 Å². The van der Waals surface area contributed by atoms with Gasteiger partial charge in [-0.25, -0.2) is 0 Å². The Morgan fingerprint density at radius 1 is 1.26 bits per heavy atom. The van der Waals surface area contributed by atoms with Crippen LogP contribution in [0.25, 0.3) is 11.3 Å². The smallest absolute Gasteiger partial charge is 0.124 e. The van der Waals surface area contributed by atoms with Gasteiger partial charge >= 0.3 is 0 Å². The monoisotopic (exact) mass is 259 g/mol. The Balaban J connectivity index is 1.84. The molecule has 1 aliphatic heterocycles. The predicted octanol–water partition coefficient (Wildman–Crippen LogP) is 1.61. The fourth-order valence-corrected chi connectivity index (χ4v) is 2.35. The fraction of sp³-hybridized carbons (Fsp3) is 0.357. The van der Waals surface area contributed by atoms with Crippen LogP contribution in [0.1, 0.15) is 5.56 Å². The van der Waals surface area contributed by atoms with Crippen molar-refractivity contribution in [2.75, 3.05) is 26.3 Å². The molecule has 0 bridgehead atoms. The van der Waals surface area contributed by atoms with Crippen molar-refractivity contribution in [3.63, 3.8) is 0 Å². The van der Waals surface area contributed by atoms with Crippen LogP contribution in [0.2, 0.25) is 0 Å². The lowest BCUT2D eigenvalue weighted by atomic mass is 10.1. The SMILES string of the molecule is Oc1ccccc1-c1[nH]ncc1CN1CCOCC1. The Bertz CT molecular complexity index is 547. The summed E-state index contributed by atoms with van der Waals surface area (Å²) in [5.41, 5.74) is 2.79. The summed E-state index contributed by atoms with van der Waals surface area (Å²) in [5, 5.41) is 17.0. The Hall–Kier alpha value is -1.85. The molecule has 0 atom stereocenters. The zero-order valence-corrected chi connectivity index (χ0v) is 10.7. The van der Waals surface area contributed by atoms with Gasteiger partial charge in [0.05, 0.1) is 25.1 Å². The molecule has 5 heteroatoms. The fourth-order valence-electron chi connectivity index (χ4n) is 2.35. The van der Waals surface area contributed by atoms with Gasteiger partial charge in [0.15, 0.2) is 0 Å². The number of phenols is 1. The molecule has 0 saturated carbocycles. The summed E-state index contributed by atoms with van der Waals surface area (Å²) >= 11 is 0. The lowest BCUT2D eigenvalue weighted by Gasteiger charge is -2.26. The first-order valence-electron chi connectivity index (χ1n) is 6.45. The number of para-hydroxylation sites is 1. The van der Waals surface area contributed by atoms with Crippen LogP contribution >= 0.6 is 0 Å². The van der Waals surface area contributed by atoms with Crippen LogP contribution in [0.15, 0.2) is 30.5 Å². The van der Waals surface area contributed by atoms with Gasteiger partial charge in [0.1, 0.15) is 5.75 Å². The molecule has 2 aromatic rings. The maximum Gasteiger partial charge on any atom is 0.124 e. The molecule has 3 rings (SSSR count). The van der Waals surface area contributed by atoms with Gasteiger partial charge in [-0.1, -0.05) is 12.1 Å². The van der Waals surface area contributed by atoms with E-state index in [-0.39, 0.29) is 5.75 Å². The number of morpholine rings is 1. The molecule has 1 saturated heterocycles. The highest BCUT2D eigenvalue weighted by molar-refractivity contribution is 5.69. The van der Waals surface area contributed by atoms with E-state index in [9.17, 15) is 5.11 Å². The van der Waals surface area contributed by atoms with Crippen LogP contribution in [0.3, 0.4) is 0 Å². The lowest BCUT2D eigenvalue weighted by molar-refractivity contribution is 0.0342. The van der Waals surface area contributed by atoms with E-state index >= 15 is 0 Å². The predicted molar refractivity (Wildman–Crippen MR) is 71.8 cm³/mol. The van der Waals surface area contributed by atoms with E-state index in [0.717, 1.165) is 49.7 Å². The minimum absolute atomic E-state index is 0.273. The number of nitrogens with one attached hydrogen (secondary N) is 1. The number of aromatic nitrogens is 2. The first-order valence-corrected chi connectivity index (χ1v) is 6.45. The van der Waals surface area contributed by atoms with Crippen LogP contribution in [0.5, 0.6) is 5.75 Å². The summed E-state index contributed by atoms with van der Waals surface area (Å²) in [6.45, 7) is 4.26. The number of hydrogen-bond donors (Lipinski definition) is 2. The zero-order valence-electron chi connectivity index (χ0n) is 10.7. The largest absolute Gasteiger partial charge is 0.507 e. The van der Waals surface area contributed by atoms with Crippen LogP contribution in [-0.2, 0) is 11.3 Å². The van der Waals surface area contributed by atoms with Crippen molar-refractivity contribution in [2.45, 2.75) is 6.54 Å². The van der Waals surface area contributed by atoms with E-state index in [2.05, 4.69) is 15.1 Å². The van der Waals surface area contributed by atoms with Crippen LogP contribution in [0.4, 0.5) is 0 Å². The third kappa shape index (κ3) is 2.62. The summed E-state index contributed by atoms with van der Waals surface area (Å²) in [7, 11) is 0. The van der Waals surface area contributed by atoms with Gasteiger partial charge in [-0.3, -0.25) is 10.00 Å². The minimum Gasteiger partial charge on any atom is -0.507 e. The molecule has 5 nitrogen and oxygen atoms in total. The number of ether oxygens (including phenoxy) is 1. The molecule has 19 heavy (non-hydrogen) atoms. The van der Waals surface area contributed by atoms with Crippen LogP contribution in [-0.4, -0.2) is 46.5 Å². The third-order valence-corrected chi connectivity index (χ3v) is 3.39. The second-order valence-electron chi connectivity index (χ2n) is 4.68. The molecule has 2 heterocycles. The molecule has 1 aliphatic rings. The van der Waals surface area contributed by atoms with Gasteiger partial charge in [0.2, 0.25) is 0 Å². The highest BCUT2D eigenvalue weighted by Gasteiger charge is 2.16. The Labute approximate surface area is 111 Å². The molecule has 0 amide bonds. The number of aromatic amines is 1. The highest BCUT2D eigenvalue weighted by Crippen LogP contribution is 2.30. The summed E-state index contributed by atoms with van der Waals surface area (Å²) in [4.78, 5) is 2.33. The molecule has 100 valence electrons. The summed E-state index contributed by atoms with van der Waals surface area (Å²) < 4.78 is 5.35. The van der Waals surface area contributed by atoms with E-state index < -0.39 is 0 Å². The van der Waals surface area contributed by atoms with E-state index in [0.29, 0.717) is 0 Å². The van der Waals surface area contributed by atoms with Crippen molar-refractivity contribution < 1.29 is 9.84 Å². The van der Waals surface area contributed by atoms with Crippen LogP contribution < -0.4 is 0 Å². The van der Waals surface area contributed by atoms with Crippen molar-refractivity contribution in [1.82, 2.24) is 15.1 Å². The number of nitrogens with zero attached hydrogens (tertiary/aromatic N) is 2. The normalized spacial score (nSPS) is 16.6. The van der Waals surface area contributed by atoms with E-state index in [1.54, 1.807) is 6.07 Å². The number of H-pyrrole nitrogens is 1. The second-order valence-corrected chi connectivity index (χ2v) is 4.68. The molecule has 1 aromatic carbocycles. The minimum atomic E-state index is 0.273. The van der Waals surface area contributed by atoms with Crippen LogP contribution in [0, 0.1) is 0 Å². The Morgan fingerprint density at radius 2 is 2.05 bits per heavy atom. The quantitative estimate of drug-likeness (QED) is 0.879. The van der Waals surface area contributed by atoms with Gasteiger partial charge in [-0.15, -0.1) is 0 Å². The van der Waals surface area contributed by atoms with Crippen molar-refractivity contribution in [1.29, 1.82) is 0 Å². The first kappa shape index (κ1) is 12.2. The number of phenolic OH excluding ortho intramolecular Hbond substituents is 1. The Morgan fingerprint density at radius 3 is 2.84 bits per heavy atom. The van der Waals surface area contributed by atoms with Gasteiger partial charge < -0.3 is 9.84 Å². The average molecular weight is 259 g/mol. The van der Waals surface area contributed by atoms with Crippen molar-refractivity contribution in [3.8, 4) is 17.0 Å². The standard InChI is InChI=1S/C14H17N3O2/c18-13-4-2-1-3-12(13)14-11(9-15-16-14)10-17-5-7-19-8-6-17/h1-4,9,18H,5-8,10H2,(H,15,16). The lowest BCUT2D eigenvalue weighted by Crippen LogP contribution is -2.35. The second kappa shape index (κ2) is 5.42. The average Bonchev–Trinajstić information content (AvgIpc) is 2.88. The van der Waals surface area contributed by atoms with Gasteiger partial charge in [-0.2, -0.15) is 5.10 Å². The number of benzene rings is 1. The zero-order chi connectivity index (χ0) is 13.1. The van der Waals surface area contributed by atoms with Crippen molar-refractivity contribution in [3.05, 3.63) is 36.0 Å². The maximum atomic E-state index is 9.93. The molecule has 1 fully saturated rings. The van der Waals surface area contributed by atoms with Crippen molar-refractivity contribution in [2.24, 2.45) is 0 Å². The van der Waals surface area contributed by atoms with Gasteiger partial charge in [-0.05, 0) is 12.1 Å². The number of hydrogen-bond acceptors (Lipinski definition) is 4. The molecule has 0 unspecified atom stereocenters. The summed E-state index contributed by atoms with van der Waals surface area (Å²) in [5.74, 6) is 0.273. The van der Waals surface area contributed by atoms with E-state index in [4.69, 9.17) is 4.74 Å². The molecule has 0 radical (unpaired) electrons. The number of aromatic hydroxyl groups is 1. The highest BCUT2D eigenvalue weighted by atomic mass is 16.5. The number of rotatable bonds is 3. The molecule has 1 aromatic heterocycles. The van der Waals surface area contributed by atoms with E-state index in [1.807, 2.05) is 24.4 Å². The maximum absolute atomic E-state index is 9.93. The topological polar surface area (TPSA) is 61.4 Å². The Kier molecular flexibility index (Phi) is 3.48.